The van der Waals surface area contributed by atoms with Crippen LogP contribution in [0.15, 0.2) is 53.8 Å². The molecule has 1 aromatic carbocycles. The van der Waals surface area contributed by atoms with Gasteiger partial charge in [0, 0.05) is 50.1 Å². The highest BCUT2D eigenvalue weighted by atomic mass is 19.3. The van der Waals surface area contributed by atoms with Gasteiger partial charge in [-0.1, -0.05) is 24.8 Å². The summed E-state index contributed by atoms with van der Waals surface area (Å²) < 4.78 is 26.8. The SMILES string of the molecule is C=C(Nc1ccc(C(C)(F)F)cc1)/C(=N\C=C/C)N1CCN(C)C(CC#N)C1. The average molecular weight is 387 g/mol. The molecule has 1 heterocycles. The van der Waals surface area contributed by atoms with Gasteiger partial charge in [0.05, 0.1) is 18.2 Å². The van der Waals surface area contributed by atoms with E-state index in [1.165, 1.54) is 12.1 Å². The zero-order valence-electron chi connectivity index (χ0n) is 16.6. The standard InChI is InChI=1S/C21H27F2N5/c1-5-12-25-20(28-14-13-27(4)19(15-28)10-11-24)16(2)26-18-8-6-17(7-9-18)21(3,22)23/h5-9,12,19,26H,2,10,13-15H2,1,3-4H3/b12-5-,25-20+. The second kappa shape index (κ2) is 9.47. The van der Waals surface area contributed by atoms with Gasteiger partial charge in [-0.15, -0.1) is 0 Å². The molecule has 1 aliphatic heterocycles. The van der Waals surface area contributed by atoms with Crippen LogP contribution in [0.2, 0.25) is 0 Å². The maximum Gasteiger partial charge on any atom is 0.270 e. The number of allylic oxidation sites excluding steroid dienone is 1. The van der Waals surface area contributed by atoms with Crippen molar-refractivity contribution in [3.63, 3.8) is 0 Å². The summed E-state index contributed by atoms with van der Waals surface area (Å²) in [6.07, 6.45) is 3.96. The predicted octanol–water partition coefficient (Wildman–Crippen LogP) is 4.19. The number of alkyl halides is 2. The maximum absolute atomic E-state index is 13.4. The molecule has 0 aromatic heterocycles. The van der Waals surface area contributed by atoms with Crippen molar-refractivity contribution in [2.45, 2.75) is 32.2 Å². The van der Waals surface area contributed by atoms with Gasteiger partial charge in [-0.2, -0.15) is 5.26 Å². The summed E-state index contributed by atoms with van der Waals surface area (Å²) in [5.74, 6) is -2.19. The Morgan fingerprint density at radius 2 is 2.07 bits per heavy atom. The molecule has 1 N–H and O–H groups in total. The quantitative estimate of drug-likeness (QED) is 0.588. The van der Waals surface area contributed by atoms with Crippen LogP contribution < -0.4 is 5.32 Å². The highest BCUT2D eigenvalue weighted by Crippen LogP contribution is 2.28. The van der Waals surface area contributed by atoms with Gasteiger partial charge in [0.2, 0.25) is 0 Å². The minimum atomic E-state index is -2.87. The first kappa shape index (κ1) is 21.6. The Morgan fingerprint density at radius 3 is 2.64 bits per heavy atom. The first-order chi connectivity index (χ1) is 13.3. The molecule has 0 amide bonds. The van der Waals surface area contributed by atoms with E-state index in [0.717, 1.165) is 20.0 Å². The summed E-state index contributed by atoms with van der Waals surface area (Å²) in [4.78, 5) is 8.79. The molecule has 1 aliphatic rings. The molecule has 5 nitrogen and oxygen atoms in total. The van der Waals surface area contributed by atoms with Crippen molar-refractivity contribution in [2.75, 3.05) is 32.0 Å². The molecule has 28 heavy (non-hydrogen) atoms. The fraction of sp³-hybridized carbons (Fsp3) is 0.429. The molecule has 1 saturated heterocycles. The lowest BCUT2D eigenvalue weighted by Gasteiger charge is -2.40. The van der Waals surface area contributed by atoms with E-state index in [9.17, 15) is 8.78 Å². The van der Waals surface area contributed by atoms with Gasteiger partial charge in [0.15, 0.2) is 5.84 Å². The van der Waals surface area contributed by atoms with E-state index in [1.807, 2.05) is 20.0 Å². The average Bonchev–Trinajstić information content (AvgIpc) is 2.64. The zero-order valence-corrected chi connectivity index (χ0v) is 16.6. The number of anilines is 1. The molecular formula is C21H27F2N5. The van der Waals surface area contributed by atoms with Crippen LogP contribution >= 0.6 is 0 Å². The number of piperazine rings is 1. The molecule has 7 heteroatoms. The predicted molar refractivity (Wildman–Crippen MR) is 109 cm³/mol. The first-order valence-electron chi connectivity index (χ1n) is 9.22. The van der Waals surface area contributed by atoms with Crippen molar-refractivity contribution in [1.82, 2.24) is 9.80 Å². The van der Waals surface area contributed by atoms with E-state index in [1.54, 1.807) is 18.3 Å². The van der Waals surface area contributed by atoms with Gasteiger partial charge in [0.25, 0.3) is 5.92 Å². The summed E-state index contributed by atoms with van der Waals surface area (Å²) in [6, 6.07) is 8.36. The number of benzene rings is 1. The molecule has 1 atom stereocenters. The lowest BCUT2D eigenvalue weighted by Crippen LogP contribution is -2.53. The number of aliphatic imine (C=N–C) groups is 1. The number of hydrogen-bond donors (Lipinski definition) is 1. The van der Waals surface area contributed by atoms with E-state index in [0.29, 0.717) is 30.2 Å². The molecule has 1 unspecified atom stereocenters. The Morgan fingerprint density at radius 1 is 1.39 bits per heavy atom. The summed E-state index contributed by atoms with van der Waals surface area (Å²) >= 11 is 0. The number of nitriles is 1. The molecule has 2 rings (SSSR count). The molecule has 1 fully saturated rings. The van der Waals surface area contributed by atoms with Crippen LogP contribution in [0.4, 0.5) is 14.5 Å². The third kappa shape index (κ3) is 5.64. The Labute approximate surface area is 165 Å². The number of amidine groups is 1. The topological polar surface area (TPSA) is 54.7 Å². The van der Waals surface area contributed by atoms with Gasteiger partial charge in [-0.25, -0.2) is 13.8 Å². The normalized spacial score (nSPS) is 18.9. The molecule has 0 spiro atoms. The second-order valence-corrected chi connectivity index (χ2v) is 6.95. The number of nitrogens with zero attached hydrogens (tertiary/aromatic N) is 4. The van der Waals surface area contributed by atoms with Gasteiger partial charge in [-0.3, -0.25) is 4.90 Å². The highest BCUT2D eigenvalue weighted by molar-refractivity contribution is 6.00. The third-order valence-corrected chi connectivity index (χ3v) is 4.71. The van der Waals surface area contributed by atoms with Crippen molar-refractivity contribution in [3.05, 3.63) is 54.4 Å². The number of rotatable bonds is 6. The van der Waals surface area contributed by atoms with E-state index in [4.69, 9.17) is 5.26 Å². The molecule has 0 radical (unpaired) electrons. The van der Waals surface area contributed by atoms with Crippen molar-refractivity contribution < 1.29 is 8.78 Å². The molecular weight excluding hydrogens is 360 g/mol. The number of nitrogens with one attached hydrogen (secondary N) is 1. The van der Waals surface area contributed by atoms with Crippen LogP contribution in [0, 0.1) is 11.3 Å². The van der Waals surface area contributed by atoms with Gasteiger partial charge < -0.3 is 10.2 Å². The second-order valence-electron chi connectivity index (χ2n) is 6.95. The van der Waals surface area contributed by atoms with Gasteiger partial charge in [-0.05, 0) is 26.1 Å². The van der Waals surface area contributed by atoms with Crippen LogP contribution in [0.3, 0.4) is 0 Å². The van der Waals surface area contributed by atoms with Crippen LogP contribution in [0.1, 0.15) is 25.8 Å². The minimum absolute atomic E-state index is 0.0371. The van der Waals surface area contributed by atoms with Crippen molar-refractivity contribution >= 4 is 11.5 Å². The summed E-state index contributed by atoms with van der Waals surface area (Å²) in [7, 11) is 2.01. The van der Waals surface area contributed by atoms with E-state index >= 15 is 0 Å². The van der Waals surface area contributed by atoms with Crippen LogP contribution in [-0.2, 0) is 5.92 Å². The Balaban J connectivity index is 2.17. The van der Waals surface area contributed by atoms with Crippen molar-refractivity contribution in [2.24, 2.45) is 4.99 Å². The fourth-order valence-corrected chi connectivity index (χ4v) is 3.04. The number of likely N-dealkylation sites (N-methyl/N-ethyl adjacent to an activating group) is 1. The summed E-state index contributed by atoms with van der Waals surface area (Å²) in [5.41, 5.74) is 1.20. The first-order valence-corrected chi connectivity index (χ1v) is 9.22. The molecule has 0 saturated carbocycles. The molecule has 1 aromatic rings. The molecule has 150 valence electrons. The van der Waals surface area contributed by atoms with Gasteiger partial charge >= 0.3 is 0 Å². The number of hydrogen-bond acceptors (Lipinski definition) is 4. The summed E-state index contributed by atoms with van der Waals surface area (Å²) in [6.45, 7) is 9.09. The lowest BCUT2D eigenvalue weighted by molar-refractivity contribution is 0.0175. The van der Waals surface area contributed by atoms with E-state index in [2.05, 4.69) is 32.8 Å². The largest absolute Gasteiger partial charge is 0.353 e. The smallest absolute Gasteiger partial charge is 0.270 e. The third-order valence-electron chi connectivity index (χ3n) is 4.71. The zero-order chi connectivity index (χ0) is 20.7. The maximum atomic E-state index is 13.4. The molecule has 0 aliphatic carbocycles. The lowest BCUT2D eigenvalue weighted by atomic mass is 10.1. The molecule has 0 bridgehead atoms. The Kier molecular flexibility index (Phi) is 7.30. The minimum Gasteiger partial charge on any atom is -0.353 e. The fourth-order valence-electron chi connectivity index (χ4n) is 3.04. The number of halogens is 2. The Bertz CT molecular complexity index is 771. The monoisotopic (exact) mass is 387 g/mol. The van der Waals surface area contributed by atoms with Crippen LogP contribution in [0.25, 0.3) is 0 Å². The van der Waals surface area contributed by atoms with Gasteiger partial charge in [0.1, 0.15) is 0 Å². The summed E-state index contributed by atoms with van der Waals surface area (Å²) in [5, 5.41) is 12.2. The van der Waals surface area contributed by atoms with E-state index < -0.39 is 5.92 Å². The van der Waals surface area contributed by atoms with Crippen molar-refractivity contribution in [3.8, 4) is 6.07 Å². The Hall–Kier alpha value is -2.72. The van der Waals surface area contributed by atoms with E-state index in [-0.39, 0.29) is 11.6 Å². The van der Waals surface area contributed by atoms with Crippen LogP contribution in [0.5, 0.6) is 0 Å². The van der Waals surface area contributed by atoms with Crippen molar-refractivity contribution in [1.29, 1.82) is 5.26 Å². The highest BCUT2D eigenvalue weighted by Gasteiger charge is 2.27. The van der Waals surface area contributed by atoms with Crippen LogP contribution in [-0.4, -0.2) is 48.4 Å².